The van der Waals surface area contributed by atoms with Gasteiger partial charge in [0.05, 0.1) is 0 Å². The van der Waals surface area contributed by atoms with Crippen LogP contribution >= 0.6 is 0 Å². The number of hydrogen-bond acceptors (Lipinski definition) is 2. The number of rotatable bonds is 10. The van der Waals surface area contributed by atoms with Gasteiger partial charge in [-0.3, -0.25) is 0 Å². The van der Waals surface area contributed by atoms with Gasteiger partial charge in [-0.25, -0.2) is 0 Å². The summed E-state index contributed by atoms with van der Waals surface area (Å²) in [6.45, 7) is 14.0. The summed E-state index contributed by atoms with van der Waals surface area (Å²) in [6.07, 6.45) is 5.06. The van der Waals surface area contributed by atoms with Crippen LogP contribution in [-0.2, 0) is 0 Å². The lowest BCUT2D eigenvalue weighted by molar-refractivity contribution is 0.259. The molecular formula is C13H30N2. The molecule has 0 spiro atoms. The third-order valence-electron chi connectivity index (χ3n) is 2.70. The minimum Gasteiger partial charge on any atom is -0.314 e. The van der Waals surface area contributed by atoms with Crippen LogP contribution in [0.4, 0.5) is 0 Å². The molecule has 0 amide bonds. The maximum atomic E-state index is 3.55. The molecule has 1 unspecified atom stereocenters. The molecule has 0 saturated carbocycles. The SMILES string of the molecule is CCCNC(C)CCN(CCC)CCC. The fourth-order valence-corrected chi connectivity index (χ4v) is 1.84. The van der Waals surface area contributed by atoms with E-state index in [9.17, 15) is 0 Å². The van der Waals surface area contributed by atoms with Gasteiger partial charge in [-0.15, -0.1) is 0 Å². The highest BCUT2D eigenvalue weighted by Gasteiger charge is 2.05. The van der Waals surface area contributed by atoms with E-state index in [1.54, 1.807) is 0 Å². The molecule has 15 heavy (non-hydrogen) atoms. The highest BCUT2D eigenvalue weighted by molar-refractivity contribution is 4.64. The van der Waals surface area contributed by atoms with Gasteiger partial charge in [-0.1, -0.05) is 20.8 Å². The number of nitrogens with one attached hydrogen (secondary N) is 1. The summed E-state index contributed by atoms with van der Waals surface area (Å²) in [4.78, 5) is 2.59. The minimum atomic E-state index is 0.668. The number of nitrogens with zero attached hydrogens (tertiary/aromatic N) is 1. The van der Waals surface area contributed by atoms with Crippen LogP contribution < -0.4 is 5.32 Å². The lowest BCUT2D eigenvalue weighted by atomic mass is 10.2. The fourth-order valence-electron chi connectivity index (χ4n) is 1.84. The standard InChI is InChI=1S/C13H30N2/c1-5-9-14-13(4)8-12-15(10-6-2)11-7-3/h13-14H,5-12H2,1-4H3. The van der Waals surface area contributed by atoms with Crippen LogP contribution in [0.2, 0.25) is 0 Å². The molecule has 0 fully saturated rings. The van der Waals surface area contributed by atoms with Crippen LogP contribution in [0.25, 0.3) is 0 Å². The average molecular weight is 214 g/mol. The molecule has 0 saturated heterocycles. The van der Waals surface area contributed by atoms with Crippen molar-refractivity contribution in [1.82, 2.24) is 10.2 Å². The average Bonchev–Trinajstić information content (AvgIpc) is 2.23. The third-order valence-corrected chi connectivity index (χ3v) is 2.70. The molecule has 0 aliphatic heterocycles. The lowest BCUT2D eigenvalue weighted by Gasteiger charge is -2.23. The first-order chi connectivity index (χ1) is 7.24. The van der Waals surface area contributed by atoms with Crippen molar-refractivity contribution in [1.29, 1.82) is 0 Å². The van der Waals surface area contributed by atoms with Crippen molar-refractivity contribution in [3.05, 3.63) is 0 Å². The Balaban J connectivity index is 3.57. The van der Waals surface area contributed by atoms with Crippen LogP contribution in [0.1, 0.15) is 53.4 Å². The predicted octanol–water partition coefficient (Wildman–Crippen LogP) is 2.89. The molecule has 0 aliphatic rings. The van der Waals surface area contributed by atoms with E-state index in [1.165, 1.54) is 45.3 Å². The molecule has 0 rings (SSSR count). The van der Waals surface area contributed by atoms with Gasteiger partial charge in [0.25, 0.3) is 0 Å². The largest absolute Gasteiger partial charge is 0.314 e. The Labute approximate surface area is 96.4 Å². The maximum Gasteiger partial charge on any atom is 0.00508 e. The van der Waals surface area contributed by atoms with Crippen molar-refractivity contribution < 1.29 is 0 Å². The second kappa shape index (κ2) is 10.4. The molecule has 2 heteroatoms. The molecule has 0 aliphatic carbocycles. The van der Waals surface area contributed by atoms with Gasteiger partial charge in [-0.2, -0.15) is 0 Å². The Morgan fingerprint density at radius 1 is 0.933 bits per heavy atom. The van der Waals surface area contributed by atoms with E-state index in [-0.39, 0.29) is 0 Å². The third kappa shape index (κ3) is 8.88. The van der Waals surface area contributed by atoms with Crippen LogP contribution in [0.5, 0.6) is 0 Å². The summed E-state index contributed by atoms with van der Waals surface area (Å²) in [7, 11) is 0. The van der Waals surface area contributed by atoms with Gasteiger partial charge in [0, 0.05) is 6.04 Å². The first-order valence-electron chi connectivity index (χ1n) is 6.70. The molecule has 0 aromatic rings. The Bertz CT molecular complexity index is 120. The Hall–Kier alpha value is -0.0800. The smallest absolute Gasteiger partial charge is 0.00508 e. The summed E-state index contributed by atoms with van der Waals surface area (Å²) >= 11 is 0. The van der Waals surface area contributed by atoms with Crippen LogP contribution in [0, 0.1) is 0 Å². The molecule has 1 atom stereocenters. The molecule has 0 bridgehead atoms. The van der Waals surface area contributed by atoms with Crippen molar-refractivity contribution in [3.8, 4) is 0 Å². The second-order valence-corrected chi connectivity index (χ2v) is 4.49. The summed E-state index contributed by atoms with van der Waals surface area (Å²) in [5.41, 5.74) is 0. The van der Waals surface area contributed by atoms with Crippen molar-refractivity contribution >= 4 is 0 Å². The predicted molar refractivity (Wildman–Crippen MR) is 69.4 cm³/mol. The van der Waals surface area contributed by atoms with Gasteiger partial charge in [0.1, 0.15) is 0 Å². The summed E-state index contributed by atoms with van der Waals surface area (Å²) in [6, 6.07) is 0.668. The molecular weight excluding hydrogens is 184 g/mol. The summed E-state index contributed by atoms with van der Waals surface area (Å²) < 4.78 is 0. The van der Waals surface area contributed by atoms with E-state index < -0.39 is 0 Å². The van der Waals surface area contributed by atoms with E-state index in [2.05, 4.69) is 37.9 Å². The zero-order valence-corrected chi connectivity index (χ0v) is 11.2. The summed E-state index contributed by atoms with van der Waals surface area (Å²) in [5.74, 6) is 0. The lowest BCUT2D eigenvalue weighted by Crippen LogP contribution is -2.33. The van der Waals surface area contributed by atoms with Gasteiger partial charge >= 0.3 is 0 Å². The zero-order chi connectivity index (χ0) is 11.5. The van der Waals surface area contributed by atoms with E-state index in [1.807, 2.05) is 0 Å². The van der Waals surface area contributed by atoms with Gasteiger partial charge in [-0.05, 0) is 58.8 Å². The maximum absolute atomic E-state index is 3.55. The molecule has 0 radical (unpaired) electrons. The van der Waals surface area contributed by atoms with E-state index in [0.29, 0.717) is 6.04 Å². The zero-order valence-electron chi connectivity index (χ0n) is 11.2. The van der Waals surface area contributed by atoms with Crippen LogP contribution in [0.3, 0.4) is 0 Å². The fraction of sp³-hybridized carbons (Fsp3) is 1.00. The van der Waals surface area contributed by atoms with E-state index in [4.69, 9.17) is 0 Å². The Morgan fingerprint density at radius 2 is 1.53 bits per heavy atom. The molecule has 2 nitrogen and oxygen atoms in total. The van der Waals surface area contributed by atoms with Crippen LogP contribution in [0.15, 0.2) is 0 Å². The molecule has 0 aromatic heterocycles. The van der Waals surface area contributed by atoms with Gasteiger partial charge < -0.3 is 10.2 Å². The Morgan fingerprint density at radius 3 is 2.00 bits per heavy atom. The van der Waals surface area contributed by atoms with E-state index in [0.717, 1.165) is 6.54 Å². The first kappa shape index (κ1) is 14.9. The van der Waals surface area contributed by atoms with Crippen LogP contribution in [-0.4, -0.2) is 37.1 Å². The molecule has 0 aromatic carbocycles. The second-order valence-electron chi connectivity index (χ2n) is 4.49. The number of hydrogen-bond donors (Lipinski definition) is 1. The highest BCUT2D eigenvalue weighted by Crippen LogP contribution is 1.99. The summed E-state index contributed by atoms with van der Waals surface area (Å²) in [5, 5.41) is 3.55. The van der Waals surface area contributed by atoms with Crippen molar-refractivity contribution in [2.45, 2.75) is 59.4 Å². The first-order valence-corrected chi connectivity index (χ1v) is 6.70. The quantitative estimate of drug-likeness (QED) is 0.601. The molecule has 92 valence electrons. The molecule has 1 N–H and O–H groups in total. The van der Waals surface area contributed by atoms with Crippen molar-refractivity contribution in [3.63, 3.8) is 0 Å². The monoisotopic (exact) mass is 214 g/mol. The van der Waals surface area contributed by atoms with Crippen molar-refractivity contribution in [2.75, 3.05) is 26.2 Å². The normalized spacial score (nSPS) is 13.4. The van der Waals surface area contributed by atoms with Gasteiger partial charge in [0.2, 0.25) is 0 Å². The highest BCUT2D eigenvalue weighted by atomic mass is 15.1. The topological polar surface area (TPSA) is 15.3 Å². The van der Waals surface area contributed by atoms with Crippen molar-refractivity contribution in [2.24, 2.45) is 0 Å². The van der Waals surface area contributed by atoms with Gasteiger partial charge in [0.15, 0.2) is 0 Å². The van der Waals surface area contributed by atoms with E-state index >= 15 is 0 Å². The molecule has 0 heterocycles. The Kier molecular flexibility index (Phi) is 10.4. The minimum absolute atomic E-state index is 0.668.